The van der Waals surface area contributed by atoms with Crippen LogP contribution in [0.5, 0.6) is 0 Å². The Labute approximate surface area is 68.4 Å². The lowest BCUT2D eigenvalue weighted by Gasteiger charge is -1.98. The van der Waals surface area contributed by atoms with E-state index in [4.69, 9.17) is 0 Å². The number of hydrogen-bond acceptors (Lipinski definition) is 0. The molecule has 1 aliphatic carbocycles. The molecule has 0 aliphatic heterocycles. The van der Waals surface area contributed by atoms with Crippen molar-refractivity contribution >= 4 is 11.1 Å². The summed E-state index contributed by atoms with van der Waals surface area (Å²) in [6.07, 6.45) is 2.13. The van der Waals surface area contributed by atoms with Crippen molar-refractivity contribution in [3.8, 4) is 0 Å². The first-order valence-electron chi connectivity index (χ1n) is 3.76. The summed E-state index contributed by atoms with van der Waals surface area (Å²) in [4.78, 5) is 0. The van der Waals surface area contributed by atoms with Gasteiger partial charge >= 0.3 is 0 Å². The van der Waals surface area contributed by atoms with Crippen LogP contribution in [0.2, 0.25) is 0 Å². The summed E-state index contributed by atoms with van der Waals surface area (Å²) in [6, 6.07) is 8.37. The van der Waals surface area contributed by atoms with E-state index in [0.717, 1.165) is 5.57 Å². The third-order valence-corrected chi connectivity index (χ3v) is 2.09. The molecule has 0 unspecified atom stereocenters. The second kappa shape index (κ2) is 2.09. The first-order valence-corrected chi connectivity index (χ1v) is 3.76. The molecule has 0 saturated heterocycles. The third kappa shape index (κ3) is 0.829. The Morgan fingerprint density at radius 1 is 1.18 bits per heavy atom. The molecule has 0 bridgehead atoms. The van der Waals surface area contributed by atoms with E-state index in [0.29, 0.717) is 0 Å². The molecule has 0 aromatic heterocycles. The van der Waals surface area contributed by atoms with Gasteiger partial charge in [0, 0.05) is 1.43 Å². The summed E-state index contributed by atoms with van der Waals surface area (Å²) in [7, 11) is 0. The lowest BCUT2D eigenvalue weighted by molar-refractivity contribution is 1.57. The lowest BCUT2D eigenvalue weighted by atomic mass is 10.1. The van der Waals surface area contributed by atoms with Gasteiger partial charge in [-0.1, -0.05) is 36.9 Å². The average Bonchev–Trinajstić information content (AvgIpc) is 2.30. The molecule has 56 valence electrons. The normalized spacial score (nSPS) is 14.6. The van der Waals surface area contributed by atoms with Gasteiger partial charge in [-0.15, -0.1) is 0 Å². The summed E-state index contributed by atoms with van der Waals surface area (Å²) >= 11 is 0. The molecule has 2 rings (SSSR count). The molecule has 0 N–H and O–H groups in total. The largest absolute Gasteiger partial charge is 0.0911 e. The van der Waals surface area contributed by atoms with E-state index in [9.17, 15) is 0 Å². The minimum absolute atomic E-state index is 0. The quantitative estimate of drug-likeness (QED) is 0.523. The van der Waals surface area contributed by atoms with Crippen LogP contribution in [-0.4, -0.2) is 0 Å². The van der Waals surface area contributed by atoms with Crippen LogP contribution in [0.25, 0.3) is 11.1 Å². The van der Waals surface area contributed by atoms with Crippen molar-refractivity contribution in [2.45, 2.75) is 6.92 Å². The minimum atomic E-state index is 0. The number of allylic oxidation sites excluding steroid dienone is 3. The van der Waals surface area contributed by atoms with Crippen molar-refractivity contribution < 1.29 is 1.43 Å². The fourth-order valence-electron chi connectivity index (χ4n) is 1.52. The molecular formula is C11H12. The van der Waals surface area contributed by atoms with E-state index in [1.807, 2.05) is 0 Å². The van der Waals surface area contributed by atoms with E-state index < -0.39 is 0 Å². The Morgan fingerprint density at radius 3 is 2.45 bits per heavy atom. The molecule has 0 amide bonds. The molecule has 0 atom stereocenters. The topological polar surface area (TPSA) is 0 Å². The molecule has 0 radical (unpaired) electrons. The molecule has 11 heavy (non-hydrogen) atoms. The molecule has 1 aromatic rings. The van der Waals surface area contributed by atoms with E-state index >= 15 is 0 Å². The van der Waals surface area contributed by atoms with Gasteiger partial charge in [0.2, 0.25) is 0 Å². The Kier molecular flexibility index (Phi) is 1.22. The summed E-state index contributed by atoms with van der Waals surface area (Å²) in [5.41, 5.74) is 5.08. The van der Waals surface area contributed by atoms with Gasteiger partial charge in [0.25, 0.3) is 0 Å². The van der Waals surface area contributed by atoms with Crippen LogP contribution in [0.3, 0.4) is 0 Å². The molecule has 0 nitrogen and oxygen atoms in total. The highest BCUT2D eigenvalue weighted by Crippen LogP contribution is 2.32. The van der Waals surface area contributed by atoms with Crippen LogP contribution < -0.4 is 0 Å². The van der Waals surface area contributed by atoms with E-state index in [1.165, 1.54) is 16.7 Å². The lowest BCUT2D eigenvalue weighted by Crippen LogP contribution is -1.78. The van der Waals surface area contributed by atoms with Crippen molar-refractivity contribution in [2.75, 3.05) is 0 Å². The molecule has 0 heteroatoms. The van der Waals surface area contributed by atoms with Crippen LogP contribution in [0.4, 0.5) is 0 Å². The standard InChI is InChI=1S/C11H10.H2/c1-8-7-9(2)11-6-4-3-5-10(8)11;/h3-7H,1H2,2H3;1H. The van der Waals surface area contributed by atoms with Gasteiger partial charge in [-0.2, -0.15) is 0 Å². The Hall–Kier alpha value is -1.30. The maximum atomic E-state index is 3.97. The first-order chi connectivity index (χ1) is 5.29. The zero-order valence-corrected chi connectivity index (χ0v) is 6.59. The Balaban J connectivity index is 0.000000720. The smallest absolute Gasteiger partial charge is 0 e. The van der Waals surface area contributed by atoms with E-state index in [2.05, 4.69) is 43.8 Å². The van der Waals surface area contributed by atoms with Gasteiger partial charge in [-0.3, -0.25) is 0 Å². The van der Waals surface area contributed by atoms with E-state index in [1.54, 1.807) is 0 Å². The van der Waals surface area contributed by atoms with Crippen LogP contribution >= 0.6 is 0 Å². The zero-order chi connectivity index (χ0) is 7.84. The summed E-state index contributed by atoms with van der Waals surface area (Å²) < 4.78 is 0. The SMILES string of the molecule is C=C1C=C(C)c2ccccc21.[HH]. The second-order valence-corrected chi connectivity index (χ2v) is 2.90. The van der Waals surface area contributed by atoms with Crippen molar-refractivity contribution in [3.63, 3.8) is 0 Å². The second-order valence-electron chi connectivity index (χ2n) is 2.90. The zero-order valence-electron chi connectivity index (χ0n) is 6.59. The predicted molar refractivity (Wildman–Crippen MR) is 51.2 cm³/mol. The van der Waals surface area contributed by atoms with E-state index in [-0.39, 0.29) is 1.43 Å². The third-order valence-electron chi connectivity index (χ3n) is 2.09. The number of benzene rings is 1. The van der Waals surface area contributed by atoms with Crippen LogP contribution in [0, 0.1) is 0 Å². The minimum Gasteiger partial charge on any atom is -0.0911 e. The summed E-state index contributed by atoms with van der Waals surface area (Å²) in [5, 5.41) is 0. The molecule has 0 spiro atoms. The fraction of sp³-hybridized carbons (Fsp3) is 0.0909. The van der Waals surface area contributed by atoms with Crippen LogP contribution in [-0.2, 0) is 0 Å². The van der Waals surface area contributed by atoms with Gasteiger partial charge in [0.1, 0.15) is 0 Å². The van der Waals surface area contributed by atoms with Crippen LogP contribution in [0.1, 0.15) is 19.5 Å². The van der Waals surface area contributed by atoms with Gasteiger partial charge < -0.3 is 0 Å². The fourth-order valence-corrected chi connectivity index (χ4v) is 1.52. The van der Waals surface area contributed by atoms with Crippen molar-refractivity contribution in [2.24, 2.45) is 0 Å². The Bertz CT molecular complexity index is 348. The summed E-state index contributed by atoms with van der Waals surface area (Å²) in [6.45, 7) is 6.09. The molecule has 1 aliphatic rings. The average molecular weight is 144 g/mol. The number of hydrogen-bond donors (Lipinski definition) is 0. The van der Waals surface area contributed by atoms with Crippen molar-refractivity contribution in [3.05, 3.63) is 48.0 Å². The number of rotatable bonds is 0. The summed E-state index contributed by atoms with van der Waals surface area (Å²) in [5.74, 6) is 0. The Morgan fingerprint density at radius 2 is 1.82 bits per heavy atom. The van der Waals surface area contributed by atoms with Gasteiger partial charge in [0.15, 0.2) is 0 Å². The molecule has 0 saturated carbocycles. The highest BCUT2D eigenvalue weighted by Gasteiger charge is 2.11. The predicted octanol–water partition coefficient (Wildman–Crippen LogP) is 3.36. The maximum absolute atomic E-state index is 3.97. The molecule has 0 fully saturated rings. The van der Waals surface area contributed by atoms with Gasteiger partial charge in [-0.05, 0) is 29.2 Å². The highest BCUT2D eigenvalue weighted by molar-refractivity contribution is 5.93. The van der Waals surface area contributed by atoms with Crippen LogP contribution in [0.15, 0.2) is 36.9 Å². The maximum Gasteiger partial charge on any atom is 0 e. The van der Waals surface area contributed by atoms with Gasteiger partial charge in [0.05, 0.1) is 0 Å². The molecular weight excluding hydrogens is 132 g/mol. The monoisotopic (exact) mass is 144 g/mol. The van der Waals surface area contributed by atoms with Crippen molar-refractivity contribution in [1.82, 2.24) is 0 Å². The highest BCUT2D eigenvalue weighted by atomic mass is 14.2. The molecule has 1 aromatic carbocycles. The van der Waals surface area contributed by atoms with Crippen molar-refractivity contribution in [1.29, 1.82) is 0 Å². The first kappa shape index (κ1) is 6.41. The molecule has 0 heterocycles. The van der Waals surface area contributed by atoms with Gasteiger partial charge in [-0.25, -0.2) is 0 Å². The number of fused-ring (bicyclic) bond motifs is 1.